The fourth-order valence-corrected chi connectivity index (χ4v) is 3.53. The topological polar surface area (TPSA) is 67.2 Å². The Morgan fingerprint density at radius 3 is 2.31 bits per heavy atom. The predicted molar refractivity (Wildman–Crippen MR) is 103 cm³/mol. The molecule has 5 heteroatoms. The van der Waals surface area contributed by atoms with Gasteiger partial charge in [-0.15, -0.1) is 0 Å². The van der Waals surface area contributed by atoms with Crippen LogP contribution in [0.5, 0.6) is 5.75 Å². The summed E-state index contributed by atoms with van der Waals surface area (Å²) in [5.41, 5.74) is 1.60. The number of allylic oxidation sites excluding steroid dienone is 1. The first-order chi connectivity index (χ1) is 12.5. The molecular formula is C21H23NO3S. The quantitative estimate of drug-likeness (QED) is 0.490. The molecule has 4 nitrogen and oxygen atoms in total. The molecule has 0 aromatic heterocycles. The average Bonchev–Trinajstić information content (AvgIpc) is 2.64. The first-order valence-corrected chi connectivity index (χ1v) is 10.1. The van der Waals surface area contributed by atoms with E-state index >= 15 is 0 Å². The third kappa shape index (κ3) is 5.21. The summed E-state index contributed by atoms with van der Waals surface area (Å²) >= 11 is 0. The molecule has 0 aliphatic heterocycles. The van der Waals surface area contributed by atoms with Crippen LogP contribution in [0.4, 0.5) is 0 Å². The van der Waals surface area contributed by atoms with Gasteiger partial charge >= 0.3 is 0 Å². The maximum atomic E-state index is 12.6. The van der Waals surface area contributed by atoms with E-state index in [1.165, 1.54) is 18.2 Å². The van der Waals surface area contributed by atoms with Crippen molar-refractivity contribution in [3.05, 3.63) is 64.6 Å². The van der Waals surface area contributed by atoms with Crippen LogP contribution in [0.15, 0.2) is 58.3 Å². The van der Waals surface area contributed by atoms with Gasteiger partial charge in [-0.3, -0.25) is 0 Å². The number of hydrogen-bond donors (Lipinski definition) is 0. The molecular weight excluding hydrogens is 346 g/mol. The van der Waals surface area contributed by atoms with Crippen molar-refractivity contribution in [2.45, 2.75) is 38.0 Å². The van der Waals surface area contributed by atoms with Gasteiger partial charge in [-0.25, -0.2) is 8.42 Å². The molecule has 0 radical (unpaired) electrons. The van der Waals surface area contributed by atoms with Crippen molar-refractivity contribution in [3.63, 3.8) is 0 Å². The number of nitrogens with zero attached hydrogens (tertiary/aromatic N) is 1. The molecule has 0 saturated heterocycles. The van der Waals surface area contributed by atoms with Crippen LogP contribution in [-0.2, 0) is 9.84 Å². The molecule has 0 saturated carbocycles. The summed E-state index contributed by atoms with van der Waals surface area (Å²) in [6.45, 7) is 4.68. The third-order valence-electron chi connectivity index (χ3n) is 3.93. The van der Waals surface area contributed by atoms with Gasteiger partial charge in [0.2, 0.25) is 9.84 Å². The van der Waals surface area contributed by atoms with E-state index in [2.05, 4.69) is 6.92 Å². The molecule has 2 aromatic rings. The van der Waals surface area contributed by atoms with Crippen LogP contribution in [0.1, 0.15) is 37.3 Å². The molecule has 0 heterocycles. The van der Waals surface area contributed by atoms with E-state index in [1.54, 1.807) is 36.4 Å². The van der Waals surface area contributed by atoms with E-state index in [0.717, 1.165) is 30.6 Å². The highest BCUT2D eigenvalue weighted by Gasteiger charge is 2.20. The molecule has 0 unspecified atom stereocenters. The Morgan fingerprint density at radius 2 is 1.73 bits per heavy atom. The highest BCUT2D eigenvalue weighted by Crippen LogP contribution is 2.22. The lowest BCUT2D eigenvalue weighted by Gasteiger charge is -2.06. The van der Waals surface area contributed by atoms with Crippen molar-refractivity contribution < 1.29 is 13.2 Å². The fourth-order valence-electron chi connectivity index (χ4n) is 2.37. The number of sulfone groups is 1. The lowest BCUT2D eigenvalue weighted by Crippen LogP contribution is -2.03. The van der Waals surface area contributed by atoms with Crippen molar-refractivity contribution in [1.82, 2.24) is 0 Å². The second kappa shape index (κ2) is 9.21. The van der Waals surface area contributed by atoms with Crippen LogP contribution in [0.25, 0.3) is 6.08 Å². The molecule has 2 rings (SSSR count). The van der Waals surface area contributed by atoms with Crippen molar-refractivity contribution in [1.29, 1.82) is 5.26 Å². The summed E-state index contributed by atoms with van der Waals surface area (Å²) in [4.78, 5) is -0.162. The highest BCUT2D eigenvalue weighted by atomic mass is 32.2. The van der Waals surface area contributed by atoms with Gasteiger partial charge in [0.25, 0.3) is 0 Å². The zero-order chi connectivity index (χ0) is 19.0. The molecule has 0 aliphatic rings. The minimum atomic E-state index is -3.83. The minimum Gasteiger partial charge on any atom is -0.494 e. The Hall–Kier alpha value is -2.58. The molecule has 136 valence electrons. The summed E-state index contributed by atoms with van der Waals surface area (Å²) in [5.74, 6) is 0.734. The number of nitriles is 1. The molecule has 2 aromatic carbocycles. The average molecular weight is 369 g/mol. The Morgan fingerprint density at radius 1 is 1.08 bits per heavy atom. The van der Waals surface area contributed by atoms with Crippen LogP contribution in [0.2, 0.25) is 0 Å². The van der Waals surface area contributed by atoms with Crippen molar-refractivity contribution in [3.8, 4) is 11.8 Å². The third-order valence-corrected chi connectivity index (χ3v) is 5.61. The minimum absolute atomic E-state index is 0.117. The van der Waals surface area contributed by atoms with E-state index in [1.807, 2.05) is 13.0 Å². The second-order valence-electron chi connectivity index (χ2n) is 6.06. The van der Waals surface area contributed by atoms with E-state index in [0.29, 0.717) is 12.2 Å². The highest BCUT2D eigenvalue weighted by molar-refractivity contribution is 7.95. The number of unbranched alkanes of at least 4 members (excludes halogenated alkanes) is 2. The van der Waals surface area contributed by atoms with Crippen LogP contribution in [-0.4, -0.2) is 15.0 Å². The van der Waals surface area contributed by atoms with Crippen LogP contribution >= 0.6 is 0 Å². The van der Waals surface area contributed by atoms with Gasteiger partial charge in [0.15, 0.2) is 0 Å². The van der Waals surface area contributed by atoms with Gasteiger partial charge < -0.3 is 4.74 Å². The molecule has 0 spiro atoms. The molecule has 0 N–H and O–H groups in total. The van der Waals surface area contributed by atoms with Gasteiger partial charge in [0.1, 0.15) is 16.7 Å². The van der Waals surface area contributed by atoms with Gasteiger partial charge in [0.05, 0.1) is 11.5 Å². The first kappa shape index (κ1) is 19.7. The Kier molecular flexibility index (Phi) is 6.99. The number of benzene rings is 2. The standard InChI is InChI=1S/C21H23NO3S/c1-3-4-5-14-25-19-10-8-18(9-11-19)15-21(16-22)26(23,24)20-12-6-17(2)7-13-20/h6-13,15H,3-5,14H2,1-2H3. The van der Waals surface area contributed by atoms with E-state index in [9.17, 15) is 13.7 Å². The number of rotatable bonds is 8. The second-order valence-corrected chi connectivity index (χ2v) is 7.98. The van der Waals surface area contributed by atoms with Crippen molar-refractivity contribution >= 4 is 15.9 Å². The molecule has 0 fully saturated rings. The Labute approximate surface area is 155 Å². The van der Waals surface area contributed by atoms with Gasteiger partial charge in [-0.1, -0.05) is 49.6 Å². The van der Waals surface area contributed by atoms with Gasteiger partial charge in [0, 0.05) is 0 Å². The maximum absolute atomic E-state index is 12.6. The molecule has 0 aliphatic carbocycles. The van der Waals surface area contributed by atoms with Crippen LogP contribution in [0.3, 0.4) is 0 Å². The largest absolute Gasteiger partial charge is 0.494 e. The fraction of sp³-hybridized carbons (Fsp3) is 0.286. The number of hydrogen-bond acceptors (Lipinski definition) is 4. The van der Waals surface area contributed by atoms with E-state index < -0.39 is 9.84 Å². The zero-order valence-electron chi connectivity index (χ0n) is 15.1. The lowest BCUT2D eigenvalue weighted by molar-refractivity contribution is 0.306. The molecule has 0 bridgehead atoms. The van der Waals surface area contributed by atoms with E-state index in [4.69, 9.17) is 4.74 Å². The molecule has 26 heavy (non-hydrogen) atoms. The van der Waals surface area contributed by atoms with Crippen molar-refractivity contribution in [2.24, 2.45) is 0 Å². The van der Waals surface area contributed by atoms with Crippen LogP contribution < -0.4 is 4.74 Å². The number of ether oxygens (including phenoxy) is 1. The summed E-state index contributed by atoms with van der Waals surface area (Å²) in [6, 6.07) is 15.3. The summed E-state index contributed by atoms with van der Waals surface area (Å²) < 4.78 is 30.9. The normalized spacial score (nSPS) is 11.8. The predicted octanol–water partition coefficient (Wildman–Crippen LogP) is 4.90. The number of aryl methyl sites for hydroxylation is 1. The Bertz CT molecular complexity index is 890. The van der Waals surface area contributed by atoms with Gasteiger partial charge in [-0.05, 0) is 49.2 Å². The summed E-state index contributed by atoms with van der Waals surface area (Å²) in [5, 5.41) is 9.34. The van der Waals surface area contributed by atoms with Crippen LogP contribution in [0, 0.1) is 18.3 Å². The summed E-state index contributed by atoms with van der Waals surface area (Å²) in [7, 11) is -3.83. The maximum Gasteiger partial charge on any atom is 0.216 e. The lowest BCUT2D eigenvalue weighted by atomic mass is 10.2. The van der Waals surface area contributed by atoms with Gasteiger partial charge in [-0.2, -0.15) is 5.26 Å². The van der Waals surface area contributed by atoms with Crippen molar-refractivity contribution in [2.75, 3.05) is 6.61 Å². The smallest absolute Gasteiger partial charge is 0.216 e. The zero-order valence-corrected chi connectivity index (χ0v) is 15.9. The van der Waals surface area contributed by atoms with E-state index in [-0.39, 0.29) is 9.80 Å². The molecule has 0 amide bonds. The first-order valence-electron chi connectivity index (χ1n) is 8.64. The monoisotopic (exact) mass is 369 g/mol. The molecule has 0 atom stereocenters. The SMILES string of the molecule is CCCCCOc1ccc(C=C(C#N)S(=O)(=O)c2ccc(C)cc2)cc1. The summed E-state index contributed by atoms with van der Waals surface area (Å²) in [6.07, 6.45) is 4.66. The Balaban J connectivity index is 2.18.